The first kappa shape index (κ1) is 23.3. The van der Waals surface area contributed by atoms with E-state index < -0.39 is 5.91 Å². The molecule has 0 aliphatic rings. The lowest BCUT2D eigenvalue weighted by atomic mass is 10.0. The van der Waals surface area contributed by atoms with Crippen LogP contribution in [-0.2, 0) is 16.2 Å². The van der Waals surface area contributed by atoms with Crippen molar-refractivity contribution in [3.05, 3.63) is 108 Å². The lowest BCUT2D eigenvalue weighted by molar-refractivity contribution is -0.114. The summed E-state index contributed by atoms with van der Waals surface area (Å²) in [6.45, 7) is 1.78. The number of carbonyl (C=O) groups excluding carboxylic acids is 2. The highest BCUT2D eigenvalue weighted by Crippen LogP contribution is 2.31. The molecular weight excluding hydrogens is 438 g/mol. The maximum atomic E-state index is 12.9. The molecule has 0 radical (unpaired) electrons. The molecule has 0 heterocycles. The molecule has 0 fully saturated rings. The number of anilines is 2. The SMILES string of the molecule is CC(=O)Nc1ccc(NC(=O)/C(C#N)=C/c2c(OCc3ccccc3)ccc3ccccc23)cc1. The zero-order valence-corrected chi connectivity index (χ0v) is 19.1. The van der Waals surface area contributed by atoms with Crippen LogP contribution in [0, 0.1) is 11.3 Å². The third-order valence-electron chi connectivity index (χ3n) is 5.28. The van der Waals surface area contributed by atoms with Gasteiger partial charge < -0.3 is 15.4 Å². The van der Waals surface area contributed by atoms with Gasteiger partial charge in [0.15, 0.2) is 0 Å². The van der Waals surface area contributed by atoms with Gasteiger partial charge in [-0.1, -0.05) is 60.7 Å². The topological polar surface area (TPSA) is 91.2 Å². The normalized spacial score (nSPS) is 10.9. The third kappa shape index (κ3) is 5.92. The highest BCUT2D eigenvalue weighted by Gasteiger charge is 2.14. The van der Waals surface area contributed by atoms with Crippen molar-refractivity contribution in [3.8, 4) is 11.8 Å². The van der Waals surface area contributed by atoms with E-state index in [1.807, 2.05) is 72.8 Å². The summed E-state index contributed by atoms with van der Waals surface area (Å²) in [6.07, 6.45) is 1.56. The van der Waals surface area contributed by atoms with Gasteiger partial charge >= 0.3 is 0 Å². The Balaban J connectivity index is 1.63. The van der Waals surface area contributed by atoms with Gasteiger partial charge in [0.25, 0.3) is 5.91 Å². The van der Waals surface area contributed by atoms with Gasteiger partial charge in [0.1, 0.15) is 24.0 Å². The molecule has 35 heavy (non-hydrogen) atoms. The van der Waals surface area contributed by atoms with E-state index in [0.29, 0.717) is 29.3 Å². The number of fused-ring (bicyclic) bond motifs is 1. The summed E-state index contributed by atoms with van der Waals surface area (Å²) in [5.41, 5.74) is 2.73. The highest BCUT2D eigenvalue weighted by molar-refractivity contribution is 6.11. The van der Waals surface area contributed by atoms with Crippen LogP contribution in [-0.4, -0.2) is 11.8 Å². The zero-order valence-electron chi connectivity index (χ0n) is 19.1. The van der Waals surface area contributed by atoms with Crippen LogP contribution in [0.25, 0.3) is 16.8 Å². The van der Waals surface area contributed by atoms with Crippen molar-refractivity contribution >= 4 is 40.0 Å². The maximum absolute atomic E-state index is 12.9. The number of carbonyl (C=O) groups is 2. The number of hydrogen-bond donors (Lipinski definition) is 2. The van der Waals surface area contributed by atoms with E-state index in [1.165, 1.54) is 6.92 Å². The van der Waals surface area contributed by atoms with Crippen LogP contribution in [0.3, 0.4) is 0 Å². The molecule has 2 N–H and O–H groups in total. The van der Waals surface area contributed by atoms with Crippen molar-refractivity contribution in [2.45, 2.75) is 13.5 Å². The molecule has 0 unspecified atom stereocenters. The standard InChI is InChI=1S/C29H23N3O3/c1-20(33)31-24-12-14-25(15-13-24)32-29(34)23(18-30)17-27-26-10-6-5-9-22(26)11-16-28(27)35-19-21-7-3-2-4-8-21/h2-17H,19H2,1H3,(H,31,33)(H,32,34)/b23-17+. The summed E-state index contributed by atoms with van der Waals surface area (Å²) in [7, 11) is 0. The van der Waals surface area contributed by atoms with Gasteiger partial charge in [-0.2, -0.15) is 5.26 Å². The van der Waals surface area contributed by atoms with Gasteiger partial charge in [-0.25, -0.2) is 0 Å². The first-order valence-electron chi connectivity index (χ1n) is 11.0. The third-order valence-corrected chi connectivity index (χ3v) is 5.28. The molecular formula is C29H23N3O3. The van der Waals surface area contributed by atoms with Gasteiger partial charge in [-0.3, -0.25) is 9.59 Å². The highest BCUT2D eigenvalue weighted by atomic mass is 16.5. The number of amides is 2. The molecule has 0 atom stereocenters. The second-order valence-electron chi connectivity index (χ2n) is 7.86. The minimum Gasteiger partial charge on any atom is -0.488 e. The number of nitrogens with one attached hydrogen (secondary N) is 2. The van der Waals surface area contributed by atoms with Crippen LogP contribution in [0.5, 0.6) is 5.75 Å². The summed E-state index contributed by atoms with van der Waals surface area (Å²) >= 11 is 0. The number of rotatable bonds is 7. The molecule has 0 aliphatic carbocycles. The van der Waals surface area contributed by atoms with Crippen LogP contribution in [0.2, 0.25) is 0 Å². The number of hydrogen-bond acceptors (Lipinski definition) is 4. The lowest BCUT2D eigenvalue weighted by Gasteiger charge is -2.13. The van der Waals surface area contributed by atoms with E-state index >= 15 is 0 Å². The maximum Gasteiger partial charge on any atom is 0.266 e. The average Bonchev–Trinajstić information content (AvgIpc) is 2.87. The molecule has 0 saturated carbocycles. The van der Waals surface area contributed by atoms with Crippen molar-refractivity contribution in [1.82, 2.24) is 0 Å². The Morgan fingerprint density at radius 2 is 1.51 bits per heavy atom. The molecule has 6 heteroatoms. The van der Waals surface area contributed by atoms with E-state index in [2.05, 4.69) is 10.6 Å². The number of ether oxygens (including phenoxy) is 1. The van der Waals surface area contributed by atoms with Gasteiger partial charge in [0, 0.05) is 23.9 Å². The molecule has 0 bridgehead atoms. The Bertz CT molecular complexity index is 1440. The van der Waals surface area contributed by atoms with Crippen molar-refractivity contribution in [2.75, 3.05) is 10.6 Å². The van der Waals surface area contributed by atoms with Crippen LogP contribution in [0.15, 0.2) is 96.6 Å². The second-order valence-corrected chi connectivity index (χ2v) is 7.86. The number of benzene rings is 4. The molecule has 0 spiro atoms. The number of nitrogens with zero attached hydrogens (tertiary/aromatic N) is 1. The first-order valence-corrected chi connectivity index (χ1v) is 11.0. The van der Waals surface area contributed by atoms with Crippen LogP contribution in [0.4, 0.5) is 11.4 Å². The predicted octanol–water partition coefficient (Wildman–Crippen LogP) is 5.92. The molecule has 4 aromatic rings. The molecule has 172 valence electrons. The molecule has 4 rings (SSSR count). The molecule has 6 nitrogen and oxygen atoms in total. The summed E-state index contributed by atoms with van der Waals surface area (Å²) in [5.74, 6) is -0.147. The van der Waals surface area contributed by atoms with Crippen molar-refractivity contribution < 1.29 is 14.3 Å². The van der Waals surface area contributed by atoms with Gasteiger partial charge in [-0.15, -0.1) is 0 Å². The molecule has 0 saturated heterocycles. The van der Waals surface area contributed by atoms with Gasteiger partial charge in [0.05, 0.1) is 0 Å². The Hall–Kier alpha value is -4.89. The monoisotopic (exact) mass is 461 g/mol. The van der Waals surface area contributed by atoms with Crippen LogP contribution >= 0.6 is 0 Å². The largest absolute Gasteiger partial charge is 0.488 e. The summed E-state index contributed by atoms with van der Waals surface area (Å²) in [6, 6.07) is 30.0. The minimum absolute atomic E-state index is 0.0585. The minimum atomic E-state index is -0.540. The molecule has 0 aromatic heterocycles. The smallest absolute Gasteiger partial charge is 0.266 e. The quantitative estimate of drug-likeness (QED) is 0.264. The van der Waals surface area contributed by atoms with Crippen molar-refractivity contribution in [2.24, 2.45) is 0 Å². The van der Waals surface area contributed by atoms with Crippen molar-refractivity contribution in [1.29, 1.82) is 5.26 Å². The van der Waals surface area contributed by atoms with Crippen LogP contribution < -0.4 is 15.4 Å². The van der Waals surface area contributed by atoms with Gasteiger partial charge in [0.2, 0.25) is 5.91 Å². The number of nitriles is 1. The summed E-state index contributed by atoms with van der Waals surface area (Å²) in [4.78, 5) is 24.1. The Labute approximate surface area is 203 Å². The Morgan fingerprint density at radius 3 is 2.20 bits per heavy atom. The van der Waals surface area contributed by atoms with Crippen LogP contribution in [0.1, 0.15) is 18.1 Å². The van der Waals surface area contributed by atoms with E-state index in [-0.39, 0.29) is 11.5 Å². The lowest BCUT2D eigenvalue weighted by Crippen LogP contribution is -2.13. The fourth-order valence-electron chi connectivity index (χ4n) is 3.62. The molecule has 0 aliphatic heterocycles. The van der Waals surface area contributed by atoms with E-state index in [9.17, 15) is 14.9 Å². The average molecular weight is 462 g/mol. The summed E-state index contributed by atoms with van der Waals surface area (Å²) in [5, 5.41) is 17.0. The Morgan fingerprint density at radius 1 is 0.857 bits per heavy atom. The fraction of sp³-hybridized carbons (Fsp3) is 0.0690. The predicted molar refractivity (Wildman–Crippen MR) is 138 cm³/mol. The van der Waals surface area contributed by atoms with E-state index in [1.54, 1.807) is 30.3 Å². The Kier molecular flexibility index (Phi) is 7.19. The van der Waals surface area contributed by atoms with E-state index in [0.717, 1.165) is 16.3 Å². The zero-order chi connectivity index (χ0) is 24.6. The summed E-state index contributed by atoms with van der Waals surface area (Å²) < 4.78 is 6.10. The second kappa shape index (κ2) is 10.8. The fourth-order valence-corrected chi connectivity index (χ4v) is 3.62. The first-order chi connectivity index (χ1) is 17.0. The molecule has 4 aromatic carbocycles. The van der Waals surface area contributed by atoms with Gasteiger partial charge in [-0.05, 0) is 52.7 Å². The van der Waals surface area contributed by atoms with E-state index in [4.69, 9.17) is 4.74 Å². The van der Waals surface area contributed by atoms with Crippen molar-refractivity contribution in [3.63, 3.8) is 0 Å². The molecule has 2 amide bonds.